The normalized spacial score (nSPS) is 16.0. The van der Waals surface area contributed by atoms with Gasteiger partial charge in [-0.05, 0) is 38.6 Å². The molecule has 1 aromatic carbocycles. The molecule has 1 aromatic heterocycles. The molecule has 0 aliphatic heterocycles. The Morgan fingerprint density at radius 2 is 1.81 bits per heavy atom. The van der Waals surface area contributed by atoms with Gasteiger partial charge < -0.3 is 5.73 Å². The van der Waals surface area contributed by atoms with E-state index in [1.807, 2.05) is 43.2 Å². The number of aryl methyl sites for hydroxylation is 1. The van der Waals surface area contributed by atoms with Gasteiger partial charge in [0.05, 0.1) is 12.2 Å². The number of rotatable bonds is 5. The van der Waals surface area contributed by atoms with E-state index in [-0.39, 0.29) is 18.1 Å². The minimum Gasteiger partial charge on any atom is -0.326 e. The van der Waals surface area contributed by atoms with Crippen molar-refractivity contribution in [1.82, 2.24) is 14.7 Å². The number of hydrogen-bond donors (Lipinski definition) is 1. The predicted molar refractivity (Wildman–Crippen MR) is 87.2 cm³/mol. The van der Waals surface area contributed by atoms with E-state index in [1.165, 1.54) is 5.56 Å². The Morgan fingerprint density at radius 1 is 1.19 bits per heavy atom. The van der Waals surface area contributed by atoms with Gasteiger partial charge in [-0.25, -0.2) is 0 Å². The van der Waals surface area contributed by atoms with E-state index in [2.05, 4.69) is 36.1 Å². The molecule has 0 saturated carbocycles. The molecule has 4 nitrogen and oxygen atoms in total. The largest absolute Gasteiger partial charge is 0.326 e. The molecule has 1 heterocycles. The summed E-state index contributed by atoms with van der Waals surface area (Å²) >= 11 is 5.96. The van der Waals surface area contributed by atoms with Crippen LogP contribution >= 0.6 is 11.6 Å². The van der Waals surface area contributed by atoms with E-state index < -0.39 is 0 Å². The van der Waals surface area contributed by atoms with Crippen molar-refractivity contribution in [1.29, 1.82) is 0 Å². The van der Waals surface area contributed by atoms with Crippen molar-refractivity contribution in [2.75, 3.05) is 7.05 Å². The van der Waals surface area contributed by atoms with Crippen molar-refractivity contribution in [3.63, 3.8) is 0 Å². The number of benzene rings is 1. The molecule has 2 rings (SSSR count). The topological polar surface area (TPSA) is 47.1 Å². The first-order valence-corrected chi connectivity index (χ1v) is 7.49. The van der Waals surface area contributed by atoms with Gasteiger partial charge in [-0.15, -0.1) is 0 Å². The highest BCUT2D eigenvalue weighted by Crippen LogP contribution is 2.30. The highest BCUT2D eigenvalue weighted by atomic mass is 35.5. The molecule has 0 amide bonds. The highest BCUT2D eigenvalue weighted by Gasteiger charge is 2.26. The second-order valence-corrected chi connectivity index (χ2v) is 6.08. The standard InChI is InChI=1S/C16H23ClN4/c1-11(18)16(14-9-19-20(3)10-14)21(4)12(2)13-5-7-15(17)8-6-13/h5-12,16H,18H2,1-4H3. The minimum atomic E-state index is 0.00829. The van der Waals surface area contributed by atoms with Gasteiger partial charge >= 0.3 is 0 Å². The lowest BCUT2D eigenvalue weighted by molar-refractivity contribution is 0.165. The molecule has 3 atom stereocenters. The average Bonchev–Trinajstić information content (AvgIpc) is 2.84. The Hall–Kier alpha value is -1.36. The van der Waals surface area contributed by atoms with E-state index in [0.717, 1.165) is 10.6 Å². The SMILES string of the molecule is CC(N)C(c1cnn(C)c1)N(C)C(C)c1ccc(Cl)cc1. The third-order valence-corrected chi connectivity index (χ3v) is 4.22. The summed E-state index contributed by atoms with van der Waals surface area (Å²) in [6, 6.07) is 8.32. The summed E-state index contributed by atoms with van der Waals surface area (Å²) in [5.74, 6) is 0. The van der Waals surface area contributed by atoms with E-state index in [9.17, 15) is 0 Å². The van der Waals surface area contributed by atoms with Gasteiger partial charge in [0, 0.05) is 35.9 Å². The number of nitrogens with two attached hydrogens (primary N) is 1. The lowest BCUT2D eigenvalue weighted by atomic mass is 9.99. The smallest absolute Gasteiger partial charge is 0.0538 e. The maximum Gasteiger partial charge on any atom is 0.0538 e. The number of likely N-dealkylation sites (N-methyl/N-ethyl adjacent to an activating group) is 1. The first-order chi connectivity index (χ1) is 9.90. The van der Waals surface area contributed by atoms with Gasteiger partial charge in [0.15, 0.2) is 0 Å². The lowest BCUT2D eigenvalue weighted by Crippen LogP contribution is -2.38. The van der Waals surface area contributed by atoms with Crippen molar-refractivity contribution in [2.24, 2.45) is 12.8 Å². The van der Waals surface area contributed by atoms with Crippen molar-refractivity contribution < 1.29 is 0 Å². The summed E-state index contributed by atoms with van der Waals surface area (Å²) in [4.78, 5) is 2.28. The summed E-state index contributed by atoms with van der Waals surface area (Å²) in [7, 11) is 4.02. The first kappa shape index (κ1) is 16.0. The summed E-state index contributed by atoms with van der Waals surface area (Å²) in [6.45, 7) is 4.21. The van der Waals surface area contributed by atoms with E-state index in [0.29, 0.717) is 0 Å². The van der Waals surface area contributed by atoms with Gasteiger partial charge in [0.2, 0.25) is 0 Å². The average molecular weight is 307 g/mol. The quantitative estimate of drug-likeness (QED) is 0.923. The fraction of sp³-hybridized carbons (Fsp3) is 0.438. The van der Waals surface area contributed by atoms with Gasteiger partial charge in [0.25, 0.3) is 0 Å². The van der Waals surface area contributed by atoms with Crippen LogP contribution in [-0.4, -0.2) is 27.8 Å². The first-order valence-electron chi connectivity index (χ1n) is 7.11. The molecule has 0 spiro atoms. The van der Waals surface area contributed by atoms with E-state index in [1.54, 1.807) is 0 Å². The zero-order valence-corrected chi connectivity index (χ0v) is 13.7. The molecule has 0 aliphatic carbocycles. The molecule has 0 bridgehead atoms. The zero-order valence-electron chi connectivity index (χ0n) is 13.0. The van der Waals surface area contributed by atoms with Crippen LogP contribution in [0, 0.1) is 0 Å². The Balaban J connectivity index is 2.25. The summed E-state index contributed by atoms with van der Waals surface area (Å²) in [6.07, 6.45) is 3.91. The van der Waals surface area contributed by atoms with Crippen LogP contribution in [0.1, 0.15) is 37.1 Å². The van der Waals surface area contributed by atoms with Crippen LogP contribution in [-0.2, 0) is 7.05 Å². The molecule has 0 fully saturated rings. The fourth-order valence-electron chi connectivity index (χ4n) is 2.72. The van der Waals surface area contributed by atoms with Crippen LogP contribution in [0.4, 0.5) is 0 Å². The Kier molecular flexibility index (Phi) is 5.04. The van der Waals surface area contributed by atoms with Crippen LogP contribution in [0.25, 0.3) is 0 Å². The van der Waals surface area contributed by atoms with E-state index >= 15 is 0 Å². The molecule has 3 unspecified atom stereocenters. The molecule has 114 valence electrons. The monoisotopic (exact) mass is 306 g/mol. The minimum absolute atomic E-state index is 0.00829. The Labute approximate surface area is 131 Å². The molecule has 5 heteroatoms. The molecule has 0 radical (unpaired) electrons. The van der Waals surface area contributed by atoms with Gasteiger partial charge in [-0.2, -0.15) is 5.10 Å². The van der Waals surface area contributed by atoms with Crippen molar-refractivity contribution >= 4 is 11.6 Å². The van der Waals surface area contributed by atoms with Gasteiger partial charge in [-0.3, -0.25) is 9.58 Å². The molecule has 2 N–H and O–H groups in total. The van der Waals surface area contributed by atoms with Crippen molar-refractivity contribution in [3.8, 4) is 0 Å². The third kappa shape index (κ3) is 3.64. The van der Waals surface area contributed by atoms with Gasteiger partial charge in [0.1, 0.15) is 0 Å². The van der Waals surface area contributed by atoms with Crippen LogP contribution < -0.4 is 5.73 Å². The Bertz CT molecular complexity index is 576. The fourth-order valence-corrected chi connectivity index (χ4v) is 2.85. The Morgan fingerprint density at radius 3 is 2.29 bits per heavy atom. The summed E-state index contributed by atoms with van der Waals surface area (Å²) in [5, 5.41) is 5.02. The summed E-state index contributed by atoms with van der Waals surface area (Å²) < 4.78 is 1.81. The maximum atomic E-state index is 6.22. The molecular weight excluding hydrogens is 284 g/mol. The number of nitrogens with zero attached hydrogens (tertiary/aromatic N) is 3. The second-order valence-electron chi connectivity index (χ2n) is 5.64. The number of hydrogen-bond acceptors (Lipinski definition) is 3. The number of aromatic nitrogens is 2. The van der Waals surface area contributed by atoms with Crippen LogP contribution in [0.3, 0.4) is 0 Å². The molecule has 0 aliphatic rings. The van der Waals surface area contributed by atoms with Crippen molar-refractivity contribution in [2.45, 2.75) is 32.0 Å². The third-order valence-electron chi connectivity index (χ3n) is 3.97. The van der Waals surface area contributed by atoms with Gasteiger partial charge in [-0.1, -0.05) is 23.7 Å². The molecular formula is C16H23ClN4. The molecule has 21 heavy (non-hydrogen) atoms. The predicted octanol–water partition coefficient (Wildman–Crippen LogP) is 3.15. The zero-order chi connectivity index (χ0) is 15.6. The lowest BCUT2D eigenvalue weighted by Gasteiger charge is -2.35. The van der Waals surface area contributed by atoms with E-state index in [4.69, 9.17) is 17.3 Å². The van der Waals surface area contributed by atoms with Crippen LogP contribution in [0.15, 0.2) is 36.7 Å². The maximum absolute atomic E-state index is 6.22. The van der Waals surface area contributed by atoms with Crippen molar-refractivity contribution in [3.05, 3.63) is 52.8 Å². The van der Waals surface area contributed by atoms with Crippen LogP contribution in [0.2, 0.25) is 5.02 Å². The molecule has 2 aromatic rings. The molecule has 0 saturated heterocycles. The highest BCUT2D eigenvalue weighted by molar-refractivity contribution is 6.30. The van der Waals surface area contributed by atoms with Crippen LogP contribution in [0.5, 0.6) is 0 Å². The second kappa shape index (κ2) is 6.60. The number of halogens is 1. The summed E-state index contributed by atoms with van der Waals surface area (Å²) in [5.41, 5.74) is 8.57.